The van der Waals surface area contributed by atoms with E-state index < -0.39 is 11.9 Å². The fourth-order valence-electron chi connectivity index (χ4n) is 3.04. The number of aromatic nitrogens is 3. The molecule has 0 saturated heterocycles. The van der Waals surface area contributed by atoms with Gasteiger partial charge in [0.1, 0.15) is 5.56 Å². The van der Waals surface area contributed by atoms with Crippen molar-refractivity contribution in [2.24, 2.45) is 0 Å². The number of halogens is 2. The molecule has 144 valence electrons. The molecule has 1 amide bonds. The van der Waals surface area contributed by atoms with Gasteiger partial charge in [-0.2, -0.15) is 0 Å². The Balaban J connectivity index is 1.86. The van der Waals surface area contributed by atoms with Gasteiger partial charge in [0.2, 0.25) is 0 Å². The smallest absolute Gasteiger partial charge is 0.339 e. The molecule has 4 aromatic rings. The molecule has 4 rings (SSSR count). The van der Waals surface area contributed by atoms with Crippen LogP contribution in [0.25, 0.3) is 16.6 Å². The highest BCUT2D eigenvalue weighted by Crippen LogP contribution is 2.31. The summed E-state index contributed by atoms with van der Waals surface area (Å²) < 4.78 is 1.59. The van der Waals surface area contributed by atoms with Gasteiger partial charge in [0.15, 0.2) is 0 Å². The van der Waals surface area contributed by atoms with Gasteiger partial charge in [-0.15, -0.1) is 0 Å². The quantitative estimate of drug-likeness (QED) is 0.493. The average Bonchev–Trinajstić information content (AvgIpc) is 3.21. The first kappa shape index (κ1) is 18.9. The summed E-state index contributed by atoms with van der Waals surface area (Å²) in [6.07, 6.45) is 5.92. The lowest BCUT2D eigenvalue weighted by molar-refractivity contribution is 0.0696. The molecule has 0 unspecified atom stereocenters. The molecule has 0 fully saturated rings. The summed E-state index contributed by atoms with van der Waals surface area (Å²) in [6, 6.07) is 9.87. The van der Waals surface area contributed by atoms with Crippen LogP contribution in [0.5, 0.6) is 0 Å². The molecule has 2 aromatic heterocycles. The number of rotatable bonds is 4. The molecule has 0 spiro atoms. The number of hydrogen-bond donors (Lipinski definition) is 2. The maximum absolute atomic E-state index is 12.8. The van der Waals surface area contributed by atoms with E-state index in [2.05, 4.69) is 15.3 Å². The van der Waals surface area contributed by atoms with Gasteiger partial charge in [0, 0.05) is 24.0 Å². The van der Waals surface area contributed by atoms with Gasteiger partial charge < -0.3 is 15.0 Å². The Bertz CT molecular complexity index is 1240. The molecular weight excluding hydrogens is 415 g/mol. The van der Waals surface area contributed by atoms with Crippen molar-refractivity contribution < 1.29 is 14.7 Å². The maximum atomic E-state index is 12.8. The van der Waals surface area contributed by atoms with Crippen molar-refractivity contribution in [1.29, 1.82) is 0 Å². The second-order valence-electron chi connectivity index (χ2n) is 6.05. The first-order chi connectivity index (χ1) is 14.0. The van der Waals surface area contributed by atoms with Crippen LogP contribution in [0.15, 0.2) is 61.3 Å². The average molecular weight is 427 g/mol. The van der Waals surface area contributed by atoms with Crippen molar-refractivity contribution in [2.75, 3.05) is 5.32 Å². The molecule has 7 nitrogen and oxygen atoms in total. The van der Waals surface area contributed by atoms with Crippen LogP contribution < -0.4 is 5.32 Å². The van der Waals surface area contributed by atoms with E-state index in [-0.39, 0.29) is 21.2 Å². The molecule has 0 atom stereocenters. The third kappa shape index (κ3) is 3.41. The summed E-state index contributed by atoms with van der Waals surface area (Å²) in [6.45, 7) is 0. The van der Waals surface area contributed by atoms with E-state index in [9.17, 15) is 14.7 Å². The number of nitrogens with zero attached hydrogens (tertiary/aromatic N) is 3. The summed E-state index contributed by atoms with van der Waals surface area (Å²) in [7, 11) is 0. The second-order valence-corrected chi connectivity index (χ2v) is 6.86. The number of para-hydroxylation sites is 1. The maximum Gasteiger partial charge on any atom is 0.339 e. The number of carboxylic acid groups (broad SMARTS) is 1. The van der Waals surface area contributed by atoms with E-state index in [0.717, 1.165) is 0 Å². The lowest BCUT2D eigenvalue weighted by Crippen LogP contribution is -2.14. The molecule has 0 aliphatic heterocycles. The topological polar surface area (TPSA) is 97.1 Å². The molecule has 0 aliphatic rings. The molecule has 0 bridgehead atoms. The normalized spacial score (nSPS) is 10.8. The number of benzene rings is 2. The van der Waals surface area contributed by atoms with Crippen LogP contribution in [0.4, 0.5) is 5.69 Å². The number of amides is 1. The predicted molar refractivity (Wildman–Crippen MR) is 110 cm³/mol. The van der Waals surface area contributed by atoms with Crippen molar-refractivity contribution in [2.45, 2.75) is 0 Å². The van der Waals surface area contributed by atoms with Gasteiger partial charge in [0.25, 0.3) is 5.91 Å². The van der Waals surface area contributed by atoms with E-state index in [1.807, 2.05) is 0 Å². The number of fused-ring (bicyclic) bond motifs is 1. The third-order valence-corrected chi connectivity index (χ3v) is 4.93. The summed E-state index contributed by atoms with van der Waals surface area (Å²) in [4.78, 5) is 32.7. The minimum Gasteiger partial charge on any atom is -0.478 e. The molecule has 2 aromatic carbocycles. The van der Waals surface area contributed by atoms with Gasteiger partial charge >= 0.3 is 5.97 Å². The van der Waals surface area contributed by atoms with Crippen LogP contribution >= 0.6 is 23.2 Å². The highest BCUT2D eigenvalue weighted by atomic mass is 35.5. The van der Waals surface area contributed by atoms with Crippen LogP contribution in [0.2, 0.25) is 10.0 Å². The van der Waals surface area contributed by atoms with Crippen LogP contribution in [-0.4, -0.2) is 31.5 Å². The standard InChI is InChI=1S/C20H12Cl2N4O3/c21-13-4-2-5-14(22)16(13)19(27)25-15-6-1-3-11-17(15)24-9-12(20(28)29)18(11)26-8-7-23-10-26/h1-10H,(H,25,27)(H,28,29). The number of pyridine rings is 1. The number of carbonyl (C=O) groups excluding carboxylic acids is 1. The molecule has 0 radical (unpaired) electrons. The Labute approximate surface area is 174 Å². The van der Waals surface area contributed by atoms with Crippen molar-refractivity contribution in [1.82, 2.24) is 14.5 Å². The molecule has 0 aliphatic carbocycles. The lowest BCUT2D eigenvalue weighted by Gasteiger charge is -2.14. The molecular formula is C20H12Cl2N4O3. The van der Waals surface area contributed by atoms with Crippen LogP contribution in [-0.2, 0) is 0 Å². The molecule has 0 saturated carbocycles. The van der Waals surface area contributed by atoms with Gasteiger partial charge in [-0.3, -0.25) is 9.78 Å². The Morgan fingerprint density at radius 1 is 1.07 bits per heavy atom. The van der Waals surface area contributed by atoms with Crippen LogP contribution in [0.1, 0.15) is 20.7 Å². The Morgan fingerprint density at radius 2 is 1.79 bits per heavy atom. The van der Waals surface area contributed by atoms with Gasteiger partial charge in [-0.25, -0.2) is 9.78 Å². The van der Waals surface area contributed by atoms with E-state index in [1.165, 1.54) is 12.5 Å². The molecule has 2 heterocycles. The first-order valence-corrected chi connectivity index (χ1v) is 9.11. The Hall–Kier alpha value is -3.42. The Morgan fingerprint density at radius 3 is 2.45 bits per heavy atom. The van der Waals surface area contributed by atoms with Crippen molar-refractivity contribution >= 4 is 51.7 Å². The van der Waals surface area contributed by atoms with Crippen molar-refractivity contribution in [3.05, 3.63) is 82.5 Å². The molecule has 2 N–H and O–H groups in total. The molecule has 9 heteroatoms. The van der Waals surface area contributed by atoms with Gasteiger partial charge in [0.05, 0.1) is 38.8 Å². The number of hydrogen-bond acceptors (Lipinski definition) is 4. The number of aromatic carboxylic acids is 1. The third-order valence-electron chi connectivity index (χ3n) is 4.30. The van der Waals surface area contributed by atoms with Crippen LogP contribution in [0, 0.1) is 0 Å². The number of anilines is 1. The predicted octanol–water partition coefficient (Wildman–Crippen LogP) is 4.68. The fraction of sp³-hybridized carbons (Fsp3) is 0. The lowest BCUT2D eigenvalue weighted by atomic mass is 10.1. The summed E-state index contributed by atoms with van der Waals surface area (Å²) in [5.41, 5.74) is 1.35. The van der Waals surface area contributed by atoms with E-state index in [4.69, 9.17) is 23.2 Å². The second kappa shape index (κ2) is 7.54. The van der Waals surface area contributed by atoms with Crippen LogP contribution in [0.3, 0.4) is 0 Å². The SMILES string of the molecule is O=C(O)c1cnc2c(NC(=O)c3c(Cl)cccc3Cl)cccc2c1-n1ccnc1. The zero-order valence-electron chi connectivity index (χ0n) is 14.6. The zero-order valence-corrected chi connectivity index (χ0v) is 16.1. The summed E-state index contributed by atoms with van der Waals surface area (Å²) in [5, 5.41) is 13.3. The van der Waals surface area contributed by atoms with Gasteiger partial charge in [-0.05, 0) is 18.2 Å². The monoisotopic (exact) mass is 426 g/mol. The van der Waals surface area contributed by atoms with E-state index >= 15 is 0 Å². The Kier molecular flexibility index (Phi) is 4.92. The number of carboxylic acids is 1. The number of imidazole rings is 1. The van der Waals surface area contributed by atoms with Crippen molar-refractivity contribution in [3.8, 4) is 5.69 Å². The number of carbonyl (C=O) groups is 2. The number of nitrogens with one attached hydrogen (secondary N) is 1. The minimum absolute atomic E-state index is 0.00752. The summed E-state index contributed by atoms with van der Waals surface area (Å²) >= 11 is 12.2. The van der Waals surface area contributed by atoms with Gasteiger partial charge in [-0.1, -0.05) is 41.4 Å². The minimum atomic E-state index is -1.12. The molecule has 29 heavy (non-hydrogen) atoms. The largest absolute Gasteiger partial charge is 0.478 e. The highest BCUT2D eigenvalue weighted by Gasteiger charge is 2.20. The van der Waals surface area contributed by atoms with Crippen molar-refractivity contribution in [3.63, 3.8) is 0 Å². The zero-order chi connectivity index (χ0) is 20.5. The first-order valence-electron chi connectivity index (χ1n) is 8.36. The van der Waals surface area contributed by atoms with E-state index in [0.29, 0.717) is 22.3 Å². The summed E-state index contributed by atoms with van der Waals surface area (Å²) in [5.74, 6) is -1.62. The van der Waals surface area contributed by atoms with E-state index in [1.54, 1.807) is 53.4 Å². The highest BCUT2D eigenvalue weighted by molar-refractivity contribution is 6.40. The fourth-order valence-corrected chi connectivity index (χ4v) is 3.60.